The van der Waals surface area contributed by atoms with E-state index in [0.29, 0.717) is 32.8 Å². The molecular weight excluding hydrogens is 359 g/mol. The molecule has 28 heavy (non-hydrogen) atoms. The normalized spacial score (nSPS) is 18.7. The van der Waals surface area contributed by atoms with Crippen LogP contribution in [0.2, 0.25) is 0 Å². The molecule has 1 amide bonds. The van der Waals surface area contributed by atoms with E-state index < -0.39 is 0 Å². The molecule has 3 rings (SSSR count). The van der Waals surface area contributed by atoms with Gasteiger partial charge in [0.25, 0.3) is 0 Å². The van der Waals surface area contributed by atoms with Gasteiger partial charge in [0.1, 0.15) is 5.82 Å². The monoisotopic (exact) mass is 388 g/mol. The van der Waals surface area contributed by atoms with Crippen LogP contribution in [0.5, 0.6) is 0 Å². The van der Waals surface area contributed by atoms with Gasteiger partial charge >= 0.3 is 0 Å². The minimum Gasteiger partial charge on any atom is -0.370 e. The average Bonchev–Trinajstić information content (AvgIpc) is 2.84. The summed E-state index contributed by atoms with van der Waals surface area (Å²) in [7, 11) is 1.90. The van der Waals surface area contributed by atoms with Crippen molar-refractivity contribution in [2.24, 2.45) is 7.05 Å². The highest BCUT2D eigenvalue weighted by Gasteiger charge is 2.30. The van der Waals surface area contributed by atoms with Crippen molar-refractivity contribution in [3.05, 3.63) is 53.1 Å². The molecule has 2 aromatic rings. The van der Waals surface area contributed by atoms with Gasteiger partial charge in [0.05, 0.1) is 24.9 Å². The first-order valence-corrected chi connectivity index (χ1v) is 9.69. The predicted molar refractivity (Wildman–Crippen MR) is 105 cm³/mol. The van der Waals surface area contributed by atoms with E-state index in [1.54, 1.807) is 16.8 Å². The van der Waals surface area contributed by atoms with Crippen molar-refractivity contribution in [2.75, 3.05) is 19.6 Å². The molecule has 0 spiro atoms. The minimum absolute atomic E-state index is 0.115. The molecule has 1 fully saturated rings. The minimum atomic E-state index is -0.257. The lowest BCUT2D eigenvalue weighted by molar-refractivity contribution is -0.133. The van der Waals surface area contributed by atoms with E-state index >= 15 is 0 Å². The van der Waals surface area contributed by atoms with Crippen molar-refractivity contribution in [3.63, 3.8) is 0 Å². The summed E-state index contributed by atoms with van der Waals surface area (Å²) in [4.78, 5) is 16.8. The first-order valence-electron chi connectivity index (χ1n) is 9.69. The zero-order chi connectivity index (χ0) is 20.3. The standard InChI is InChI=1S/C21H29FN4O2/c1-15(2)26-12-20(28-14-17-5-7-19(22)8-6-17)11-25(13-21(26)27)10-18-9-24(4)23-16(18)3/h5-9,15,20H,10-14H2,1-4H3. The number of halogens is 1. The molecule has 2 heterocycles. The third-order valence-electron chi connectivity index (χ3n) is 5.07. The summed E-state index contributed by atoms with van der Waals surface area (Å²) in [6.07, 6.45) is 1.88. The van der Waals surface area contributed by atoms with Crippen molar-refractivity contribution < 1.29 is 13.9 Å². The fraction of sp³-hybridized carbons (Fsp3) is 0.524. The Labute approximate surface area is 165 Å². The topological polar surface area (TPSA) is 50.6 Å². The van der Waals surface area contributed by atoms with Gasteiger partial charge in [-0.2, -0.15) is 5.10 Å². The molecule has 0 radical (unpaired) electrons. The van der Waals surface area contributed by atoms with Gasteiger partial charge in [-0.15, -0.1) is 0 Å². The highest BCUT2D eigenvalue weighted by atomic mass is 19.1. The maximum absolute atomic E-state index is 13.1. The van der Waals surface area contributed by atoms with Crippen LogP contribution in [0.15, 0.2) is 30.5 Å². The molecule has 0 bridgehead atoms. The van der Waals surface area contributed by atoms with Crippen molar-refractivity contribution in [1.82, 2.24) is 19.6 Å². The molecule has 0 N–H and O–H groups in total. The summed E-state index contributed by atoms with van der Waals surface area (Å²) in [5.41, 5.74) is 3.01. The van der Waals surface area contributed by atoms with Gasteiger partial charge in [-0.05, 0) is 38.5 Å². The SMILES string of the molecule is Cc1nn(C)cc1CN1CC(=O)N(C(C)C)CC(OCc2ccc(F)cc2)C1. The van der Waals surface area contributed by atoms with Crippen LogP contribution in [0.3, 0.4) is 0 Å². The smallest absolute Gasteiger partial charge is 0.237 e. The van der Waals surface area contributed by atoms with Gasteiger partial charge in [0.15, 0.2) is 0 Å². The Kier molecular flexibility index (Phi) is 6.46. The van der Waals surface area contributed by atoms with Crippen LogP contribution >= 0.6 is 0 Å². The molecule has 7 heteroatoms. The van der Waals surface area contributed by atoms with Crippen LogP contribution in [0.25, 0.3) is 0 Å². The van der Waals surface area contributed by atoms with Crippen LogP contribution < -0.4 is 0 Å². The van der Waals surface area contributed by atoms with Gasteiger partial charge in [0.2, 0.25) is 5.91 Å². The van der Waals surface area contributed by atoms with Gasteiger partial charge in [-0.25, -0.2) is 4.39 Å². The van der Waals surface area contributed by atoms with E-state index in [0.717, 1.165) is 16.8 Å². The molecule has 1 aliphatic rings. The first kappa shape index (κ1) is 20.5. The number of carbonyl (C=O) groups is 1. The van der Waals surface area contributed by atoms with E-state index in [1.807, 2.05) is 38.9 Å². The van der Waals surface area contributed by atoms with Crippen molar-refractivity contribution >= 4 is 5.91 Å². The highest BCUT2D eigenvalue weighted by Crippen LogP contribution is 2.17. The molecule has 1 unspecified atom stereocenters. The quantitative estimate of drug-likeness (QED) is 0.763. The second-order valence-corrected chi connectivity index (χ2v) is 7.78. The molecule has 1 aliphatic heterocycles. The second-order valence-electron chi connectivity index (χ2n) is 7.78. The molecule has 1 saturated heterocycles. The van der Waals surface area contributed by atoms with Crippen molar-refractivity contribution in [2.45, 2.75) is 46.1 Å². The number of hydrogen-bond donors (Lipinski definition) is 0. The highest BCUT2D eigenvalue weighted by molar-refractivity contribution is 5.79. The lowest BCUT2D eigenvalue weighted by atomic mass is 10.2. The van der Waals surface area contributed by atoms with E-state index in [2.05, 4.69) is 10.00 Å². The number of ether oxygens (including phenoxy) is 1. The maximum atomic E-state index is 13.1. The van der Waals surface area contributed by atoms with Crippen LogP contribution in [0.4, 0.5) is 4.39 Å². The van der Waals surface area contributed by atoms with Crippen molar-refractivity contribution in [3.8, 4) is 0 Å². The third kappa shape index (κ3) is 5.17. The molecule has 152 valence electrons. The largest absolute Gasteiger partial charge is 0.370 e. The molecular formula is C21H29FN4O2. The summed E-state index contributed by atoms with van der Waals surface area (Å²) in [5.74, 6) is -0.141. The summed E-state index contributed by atoms with van der Waals surface area (Å²) < 4.78 is 21.1. The molecule has 6 nitrogen and oxygen atoms in total. The summed E-state index contributed by atoms with van der Waals surface area (Å²) in [6.45, 7) is 8.66. The Morgan fingerprint density at radius 1 is 1.25 bits per heavy atom. The molecule has 1 aromatic carbocycles. The fourth-order valence-electron chi connectivity index (χ4n) is 3.58. The molecule has 0 aliphatic carbocycles. The number of hydrogen-bond acceptors (Lipinski definition) is 4. The van der Waals surface area contributed by atoms with Gasteiger partial charge < -0.3 is 9.64 Å². The third-order valence-corrected chi connectivity index (χ3v) is 5.07. The Morgan fingerprint density at radius 3 is 2.57 bits per heavy atom. The Balaban J connectivity index is 1.71. The molecule has 1 aromatic heterocycles. The lowest BCUT2D eigenvalue weighted by Gasteiger charge is -2.27. The Bertz CT molecular complexity index is 803. The summed E-state index contributed by atoms with van der Waals surface area (Å²) in [5, 5.41) is 4.40. The summed E-state index contributed by atoms with van der Waals surface area (Å²) >= 11 is 0. The predicted octanol–water partition coefficient (Wildman–Crippen LogP) is 2.51. The van der Waals surface area contributed by atoms with E-state index in [1.165, 1.54) is 12.1 Å². The summed E-state index contributed by atoms with van der Waals surface area (Å²) in [6, 6.07) is 6.45. The molecule has 0 saturated carbocycles. The fourth-order valence-corrected chi connectivity index (χ4v) is 3.58. The first-order chi connectivity index (χ1) is 13.3. The zero-order valence-electron chi connectivity index (χ0n) is 17.1. The van der Waals surface area contributed by atoms with Crippen LogP contribution in [0, 0.1) is 12.7 Å². The van der Waals surface area contributed by atoms with Crippen LogP contribution in [-0.4, -0.2) is 57.3 Å². The van der Waals surface area contributed by atoms with Crippen LogP contribution in [0.1, 0.15) is 30.7 Å². The number of nitrogens with zero attached hydrogens (tertiary/aromatic N) is 4. The Morgan fingerprint density at radius 2 is 1.96 bits per heavy atom. The van der Waals surface area contributed by atoms with Gasteiger partial charge in [-0.1, -0.05) is 12.1 Å². The lowest BCUT2D eigenvalue weighted by Crippen LogP contribution is -2.42. The Hall–Kier alpha value is -2.25. The van der Waals surface area contributed by atoms with E-state index in [4.69, 9.17) is 4.74 Å². The van der Waals surface area contributed by atoms with Crippen molar-refractivity contribution in [1.29, 1.82) is 0 Å². The average molecular weight is 388 g/mol. The zero-order valence-corrected chi connectivity index (χ0v) is 17.1. The van der Waals surface area contributed by atoms with Gasteiger partial charge in [-0.3, -0.25) is 14.4 Å². The van der Waals surface area contributed by atoms with E-state index in [-0.39, 0.29) is 23.9 Å². The number of aromatic nitrogens is 2. The number of benzene rings is 1. The number of rotatable bonds is 6. The number of amides is 1. The number of aryl methyl sites for hydroxylation is 2. The second kappa shape index (κ2) is 8.84. The van der Waals surface area contributed by atoms with E-state index in [9.17, 15) is 9.18 Å². The molecule has 1 atom stereocenters. The number of carbonyl (C=O) groups excluding carboxylic acids is 1. The maximum Gasteiger partial charge on any atom is 0.237 e. The van der Waals surface area contributed by atoms with Gasteiger partial charge in [0, 0.05) is 44.5 Å². The van der Waals surface area contributed by atoms with Crippen LogP contribution in [-0.2, 0) is 29.7 Å².